The second kappa shape index (κ2) is 7.19. The monoisotopic (exact) mass is 270 g/mol. The summed E-state index contributed by atoms with van der Waals surface area (Å²) in [5.74, 6) is 0.655. The predicted molar refractivity (Wildman–Crippen MR) is 79.3 cm³/mol. The van der Waals surface area contributed by atoms with Gasteiger partial charge in [0.15, 0.2) is 0 Å². The number of hydrogen-bond acceptors (Lipinski definition) is 2. The highest BCUT2D eigenvalue weighted by Gasteiger charge is 2.00. The molecular formula is C16H18N2O2. The number of benzene rings is 1. The fourth-order valence-electron chi connectivity index (χ4n) is 1.79. The van der Waals surface area contributed by atoms with Gasteiger partial charge in [0.25, 0.3) is 0 Å². The van der Waals surface area contributed by atoms with Crippen LogP contribution in [0.5, 0.6) is 5.75 Å². The maximum absolute atomic E-state index is 11.7. The zero-order valence-corrected chi connectivity index (χ0v) is 11.4. The minimum absolute atomic E-state index is 0.127. The molecule has 104 valence electrons. The molecule has 1 amide bonds. The molecule has 0 aliphatic rings. The maximum atomic E-state index is 11.7. The van der Waals surface area contributed by atoms with Gasteiger partial charge in [-0.2, -0.15) is 0 Å². The number of amides is 1. The SMILES string of the molecule is CCOc1ccccc1/C=C/C(=O)NCc1cc[nH]c1. The fraction of sp³-hybridized carbons (Fsp3) is 0.188. The quantitative estimate of drug-likeness (QED) is 0.793. The molecule has 1 aromatic heterocycles. The lowest BCUT2D eigenvalue weighted by molar-refractivity contribution is -0.116. The second-order valence-electron chi connectivity index (χ2n) is 4.24. The molecule has 0 fully saturated rings. The molecule has 0 atom stereocenters. The predicted octanol–water partition coefficient (Wildman–Crippen LogP) is 2.74. The van der Waals surface area contributed by atoms with E-state index in [1.165, 1.54) is 6.08 Å². The summed E-state index contributed by atoms with van der Waals surface area (Å²) in [5.41, 5.74) is 1.94. The molecule has 0 spiro atoms. The number of carbonyl (C=O) groups excluding carboxylic acids is 1. The first-order valence-corrected chi connectivity index (χ1v) is 6.59. The number of H-pyrrole nitrogens is 1. The van der Waals surface area contributed by atoms with E-state index in [-0.39, 0.29) is 5.91 Å². The lowest BCUT2D eigenvalue weighted by atomic mass is 10.2. The number of aromatic amines is 1. The van der Waals surface area contributed by atoms with E-state index in [4.69, 9.17) is 4.74 Å². The van der Waals surface area contributed by atoms with E-state index in [0.717, 1.165) is 16.9 Å². The molecule has 0 unspecified atom stereocenters. The zero-order valence-electron chi connectivity index (χ0n) is 11.4. The smallest absolute Gasteiger partial charge is 0.244 e. The van der Waals surface area contributed by atoms with E-state index in [0.29, 0.717) is 13.2 Å². The van der Waals surface area contributed by atoms with E-state index in [2.05, 4.69) is 10.3 Å². The van der Waals surface area contributed by atoms with Gasteiger partial charge in [0.1, 0.15) is 5.75 Å². The van der Waals surface area contributed by atoms with E-state index < -0.39 is 0 Å². The Labute approximate surface area is 118 Å². The topological polar surface area (TPSA) is 54.1 Å². The molecule has 1 heterocycles. The van der Waals surface area contributed by atoms with Crippen LogP contribution in [0.2, 0.25) is 0 Å². The van der Waals surface area contributed by atoms with E-state index in [1.807, 2.05) is 49.6 Å². The molecule has 0 aliphatic heterocycles. The highest BCUT2D eigenvalue weighted by Crippen LogP contribution is 2.19. The van der Waals surface area contributed by atoms with Crippen molar-refractivity contribution in [3.63, 3.8) is 0 Å². The molecule has 0 radical (unpaired) electrons. The summed E-state index contributed by atoms with van der Waals surface area (Å²) < 4.78 is 5.50. The maximum Gasteiger partial charge on any atom is 0.244 e. The van der Waals surface area contributed by atoms with Crippen LogP contribution in [0, 0.1) is 0 Å². The molecule has 2 aromatic rings. The molecule has 0 saturated heterocycles. The largest absolute Gasteiger partial charge is 0.493 e. The van der Waals surface area contributed by atoms with Crippen LogP contribution in [0.3, 0.4) is 0 Å². The number of carbonyl (C=O) groups is 1. The molecule has 4 nitrogen and oxygen atoms in total. The van der Waals surface area contributed by atoms with E-state index in [1.54, 1.807) is 6.08 Å². The Morgan fingerprint density at radius 3 is 2.95 bits per heavy atom. The number of ether oxygens (including phenoxy) is 1. The van der Waals surface area contributed by atoms with Gasteiger partial charge in [0.05, 0.1) is 6.61 Å². The first kappa shape index (κ1) is 13.9. The van der Waals surface area contributed by atoms with Crippen molar-refractivity contribution >= 4 is 12.0 Å². The van der Waals surface area contributed by atoms with Gasteiger partial charge in [-0.15, -0.1) is 0 Å². The van der Waals surface area contributed by atoms with E-state index >= 15 is 0 Å². The van der Waals surface area contributed by atoms with Crippen LogP contribution in [-0.2, 0) is 11.3 Å². The van der Waals surface area contributed by atoms with Crippen LogP contribution in [0.4, 0.5) is 0 Å². The minimum atomic E-state index is -0.127. The third-order valence-electron chi connectivity index (χ3n) is 2.76. The van der Waals surface area contributed by atoms with Crippen molar-refractivity contribution in [1.29, 1.82) is 0 Å². The minimum Gasteiger partial charge on any atom is -0.493 e. The van der Waals surface area contributed by atoms with Crippen LogP contribution >= 0.6 is 0 Å². The average Bonchev–Trinajstić information content (AvgIpc) is 2.98. The third-order valence-corrected chi connectivity index (χ3v) is 2.76. The third kappa shape index (κ3) is 4.02. The highest BCUT2D eigenvalue weighted by atomic mass is 16.5. The van der Waals surface area contributed by atoms with Crippen molar-refractivity contribution in [3.8, 4) is 5.75 Å². The summed E-state index contributed by atoms with van der Waals surface area (Å²) in [7, 11) is 0. The average molecular weight is 270 g/mol. The lowest BCUT2D eigenvalue weighted by Crippen LogP contribution is -2.19. The number of rotatable bonds is 6. The van der Waals surface area contributed by atoms with Crippen molar-refractivity contribution < 1.29 is 9.53 Å². The van der Waals surface area contributed by atoms with E-state index in [9.17, 15) is 4.79 Å². The fourth-order valence-corrected chi connectivity index (χ4v) is 1.79. The Bertz CT molecular complexity index is 574. The molecule has 0 bridgehead atoms. The van der Waals surface area contributed by atoms with Crippen molar-refractivity contribution in [3.05, 3.63) is 59.9 Å². The Morgan fingerprint density at radius 2 is 2.20 bits per heavy atom. The second-order valence-corrected chi connectivity index (χ2v) is 4.24. The van der Waals surface area contributed by atoms with Gasteiger partial charge < -0.3 is 15.0 Å². The van der Waals surface area contributed by atoms with Gasteiger partial charge >= 0.3 is 0 Å². The molecule has 2 rings (SSSR count). The summed E-state index contributed by atoms with van der Waals surface area (Å²) in [5, 5.41) is 2.82. The van der Waals surface area contributed by atoms with Crippen LogP contribution < -0.4 is 10.1 Å². The number of hydrogen-bond donors (Lipinski definition) is 2. The summed E-state index contributed by atoms with van der Waals surface area (Å²) in [4.78, 5) is 14.7. The van der Waals surface area contributed by atoms with Crippen LogP contribution in [0.25, 0.3) is 6.08 Å². The van der Waals surface area contributed by atoms with Crippen molar-refractivity contribution in [2.75, 3.05) is 6.61 Å². The molecule has 2 N–H and O–H groups in total. The summed E-state index contributed by atoms with van der Waals surface area (Å²) >= 11 is 0. The van der Waals surface area contributed by atoms with Crippen molar-refractivity contribution in [2.24, 2.45) is 0 Å². The first-order valence-electron chi connectivity index (χ1n) is 6.59. The molecule has 0 saturated carbocycles. The molecule has 1 aromatic carbocycles. The molecular weight excluding hydrogens is 252 g/mol. The summed E-state index contributed by atoms with van der Waals surface area (Å²) in [6, 6.07) is 9.56. The van der Waals surface area contributed by atoms with Crippen LogP contribution in [-0.4, -0.2) is 17.5 Å². The zero-order chi connectivity index (χ0) is 14.2. The molecule has 20 heavy (non-hydrogen) atoms. The number of para-hydroxylation sites is 1. The van der Waals surface area contributed by atoms with Crippen LogP contribution in [0.15, 0.2) is 48.8 Å². The van der Waals surface area contributed by atoms with Gasteiger partial charge in [-0.1, -0.05) is 18.2 Å². The number of aromatic nitrogens is 1. The Balaban J connectivity index is 1.93. The van der Waals surface area contributed by atoms with Crippen LogP contribution in [0.1, 0.15) is 18.1 Å². The molecule has 0 aliphatic carbocycles. The summed E-state index contributed by atoms with van der Waals surface area (Å²) in [6.45, 7) is 3.05. The summed E-state index contributed by atoms with van der Waals surface area (Å²) in [6.07, 6.45) is 6.96. The Hall–Kier alpha value is -2.49. The normalized spacial score (nSPS) is 10.7. The number of nitrogens with one attached hydrogen (secondary N) is 2. The Kier molecular flexibility index (Phi) is 5.00. The Morgan fingerprint density at radius 1 is 1.35 bits per heavy atom. The van der Waals surface area contributed by atoms with Gasteiger partial charge in [0.2, 0.25) is 5.91 Å². The molecule has 4 heteroatoms. The lowest BCUT2D eigenvalue weighted by Gasteiger charge is -2.06. The highest BCUT2D eigenvalue weighted by molar-refractivity contribution is 5.92. The van der Waals surface area contributed by atoms with Gasteiger partial charge in [-0.05, 0) is 30.7 Å². The first-order chi connectivity index (χ1) is 9.79. The van der Waals surface area contributed by atoms with Crippen molar-refractivity contribution in [2.45, 2.75) is 13.5 Å². The van der Waals surface area contributed by atoms with Gasteiger partial charge in [0, 0.05) is 30.6 Å². The standard InChI is InChI=1S/C16H18N2O2/c1-2-20-15-6-4-3-5-14(15)7-8-16(19)18-12-13-9-10-17-11-13/h3-11,17H,2,12H2,1H3,(H,18,19)/b8-7+. The van der Waals surface area contributed by atoms with Gasteiger partial charge in [-0.25, -0.2) is 0 Å². The van der Waals surface area contributed by atoms with Crippen molar-refractivity contribution in [1.82, 2.24) is 10.3 Å². The van der Waals surface area contributed by atoms with Gasteiger partial charge in [-0.3, -0.25) is 4.79 Å².